The predicted octanol–water partition coefficient (Wildman–Crippen LogP) is 4.59. The lowest BCUT2D eigenvalue weighted by Crippen LogP contribution is -2.41. The van der Waals surface area contributed by atoms with Gasteiger partial charge in [0.15, 0.2) is 0 Å². The van der Waals surface area contributed by atoms with Crippen LogP contribution in [0.1, 0.15) is 58.9 Å². The molecule has 0 N–H and O–H groups in total. The lowest BCUT2D eigenvalue weighted by Gasteiger charge is -2.33. The highest BCUT2D eigenvalue weighted by atomic mass is 16.6. The van der Waals surface area contributed by atoms with Crippen LogP contribution in [0.15, 0.2) is 24.3 Å². The van der Waals surface area contributed by atoms with Crippen molar-refractivity contribution in [1.82, 2.24) is 4.90 Å². The lowest BCUT2D eigenvalue weighted by molar-refractivity contribution is 0.0205. The monoisotopic (exact) mass is 319 g/mol. The van der Waals surface area contributed by atoms with E-state index in [1.54, 1.807) is 0 Å². The van der Waals surface area contributed by atoms with Crippen LogP contribution in [0.2, 0.25) is 0 Å². The zero-order valence-corrected chi connectivity index (χ0v) is 15.0. The minimum Gasteiger partial charge on any atom is -0.491 e. The fourth-order valence-electron chi connectivity index (χ4n) is 2.81. The molecule has 4 heteroatoms. The van der Waals surface area contributed by atoms with Crippen LogP contribution in [0.3, 0.4) is 0 Å². The van der Waals surface area contributed by atoms with Crippen LogP contribution in [0, 0.1) is 0 Å². The third-order valence-corrected chi connectivity index (χ3v) is 3.87. The number of piperidine rings is 1. The highest BCUT2D eigenvalue weighted by Gasteiger charge is 2.27. The van der Waals surface area contributed by atoms with E-state index in [2.05, 4.69) is 12.1 Å². The van der Waals surface area contributed by atoms with E-state index >= 15 is 0 Å². The van der Waals surface area contributed by atoms with Gasteiger partial charge in [-0.15, -0.1) is 0 Å². The van der Waals surface area contributed by atoms with Gasteiger partial charge in [-0.2, -0.15) is 0 Å². The van der Waals surface area contributed by atoms with E-state index < -0.39 is 5.60 Å². The summed E-state index contributed by atoms with van der Waals surface area (Å²) in [6, 6.07) is 8.36. The Hall–Kier alpha value is -1.71. The minimum absolute atomic E-state index is 0.193. The van der Waals surface area contributed by atoms with Gasteiger partial charge in [0.1, 0.15) is 11.4 Å². The Labute approximate surface area is 139 Å². The van der Waals surface area contributed by atoms with Gasteiger partial charge >= 0.3 is 6.09 Å². The molecule has 2 rings (SSSR count). The van der Waals surface area contributed by atoms with Crippen molar-refractivity contribution in [1.29, 1.82) is 0 Å². The Morgan fingerprint density at radius 1 is 1.13 bits per heavy atom. The van der Waals surface area contributed by atoms with E-state index in [1.165, 1.54) is 5.56 Å². The molecule has 1 saturated heterocycles. The molecule has 1 aliphatic rings. The van der Waals surface area contributed by atoms with Crippen LogP contribution in [0.5, 0.6) is 5.75 Å². The van der Waals surface area contributed by atoms with Gasteiger partial charge in [0.2, 0.25) is 0 Å². The standard InChI is InChI=1S/C19H29NO3/c1-14(2)22-17-8-6-15(7-9-17)16-10-12-20(13-11-16)18(21)23-19(3,4)5/h6-9,14,16H,10-13H2,1-5H3. The van der Waals surface area contributed by atoms with Crippen LogP contribution < -0.4 is 4.74 Å². The molecule has 0 aromatic heterocycles. The molecule has 0 unspecified atom stereocenters. The maximum atomic E-state index is 12.1. The normalized spacial score (nSPS) is 16.5. The lowest BCUT2D eigenvalue weighted by atomic mass is 9.89. The van der Waals surface area contributed by atoms with Crippen LogP contribution in [0.25, 0.3) is 0 Å². The Kier molecular flexibility index (Phi) is 5.55. The first-order valence-corrected chi connectivity index (χ1v) is 8.49. The average molecular weight is 319 g/mol. The fraction of sp³-hybridized carbons (Fsp3) is 0.632. The third kappa shape index (κ3) is 5.45. The van der Waals surface area contributed by atoms with Gasteiger partial charge in [0.25, 0.3) is 0 Å². The zero-order valence-electron chi connectivity index (χ0n) is 15.0. The van der Waals surface area contributed by atoms with E-state index in [0.717, 1.165) is 31.7 Å². The van der Waals surface area contributed by atoms with Crippen molar-refractivity contribution in [2.45, 2.75) is 65.1 Å². The molecule has 1 fully saturated rings. The Bertz CT molecular complexity index is 508. The smallest absolute Gasteiger partial charge is 0.410 e. The van der Waals surface area contributed by atoms with Gasteiger partial charge in [-0.05, 0) is 71.1 Å². The number of carbonyl (C=O) groups is 1. The summed E-state index contributed by atoms with van der Waals surface area (Å²) in [4.78, 5) is 13.9. The molecule has 128 valence electrons. The van der Waals surface area contributed by atoms with E-state index in [-0.39, 0.29) is 12.2 Å². The number of likely N-dealkylation sites (tertiary alicyclic amines) is 1. The Morgan fingerprint density at radius 2 is 1.70 bits per heavy atom. The first-order valence-electron chi connectivity index (χ1n) is 8.49. The van der Waals surface area contributed by atoms with Gasteiger partial charge < -0.3 is 14.4 Å². The van der Waals surface area contributed by atoms with Crippen molar-refractivity contribution >= 4 is 6.09 Å². The summed E-state index contributed by atoms with van der Waals surface area (Å²) in [6.45, 7) is 11.3. The molecule has 0 bridgehead atoms. The van der Waals surface area contributed by atoms with E-state index in [0.29, 0.717) is 5.92 Å². The van der Waals surface area contributed by atoms with Crippen LogP contribution >= 0.6 is 0 Å². The van der Waals surface area contributed by atoms with Crippen LogP contribution in [0.4, 0.5) is 4.79 Å². The van der Waals surface area contributed by atoms with Crippen molar-refractivity contribution in [3.63, 3.8) is 0 Å². The molecule has 0 aliphatic carbocycles. The molecular weight excluding hydrogens is 290 g/mol. The number of hydrogen-bond acceptors (Lipinski definition) is 3. The average Bonchev–Trinajstić information content (AvgIpc) is 2.46. The van der Waals surface area contributed by atoms with Gasteiger partial charge in [0, 0.05) is 13.1 Å². The summed E-state index contributed by atoms with van der Waals surface area (Å²) < 4.78 is 11.1. The van der Waals surface area contributed by atoms with Gasteiger partial charge in [0.05, 0.1) is 6.10 Å². The number of hydrogen-bond donors (Lipinski definition) is 0. The van der Waals surface area contributed by atoms with E-state index in [4.69, 9.17) is 9.47 Å². The quantitative estimate of drug-likeness (QED) is 0.818. The van der Waals surface area contributed by atoms with Crippen molar-refractivity contribution in [2.24, 2.45) is 0 Å². The minimum atomic E-state index is -0.430. The zero-order chi connectivity index (χ0) is 17.0. The van der Waals surface area contributed by atoms with Crippen LogP contribution in [-0.2, 0) is 4.74 Å². The number of nitrogens with zero attached hydrogens (tertiary/aromatic N) is 1. The molecule has 0 spiro atoms. The van der Waals surface area contributed by atoms with Gasteiger partial charge in [-0.3, -0.25) is 0 Å². The van der Waals surface area contributed by atoms with Gasteiger partial charge in [-0.1, -0.05) is 12.1 Å². The highest BCUT2D eigenvalue weighted by molar-refractivity contribution is 5.68. The second-order valence-corrected chi connectivity index (χ2v) is 7.48. The Balaban J connectivity index is 1.88. The van der Waals surface area contributed by atoms with Gasteiger partial charge in [-0.25, -0.2) is 4.79 Å². The highest BCUT2D eigenvalue weighted by Crippen LogP contribution is 2.30. The van der Waals surface area contributed by atoms with Crippen molar-refractivity contribution in [3.05, 3.63) is 29.8 Å². The second kappa shape index (κ2) is 7.24. The Morgan fingerprint density at radius 3 is 2.17 bits per heavy atom. The summed E-state index contributed by atoms with van der Waals surface area (Å²) >= 11 is 0. The second-order valence-electron chi connectivity index (χ2n) is 7.48. The van der Waals surface area contributed by atoms with Crippen molar-refractivity contribution in [3.8, 4) is 5.75 Å². The molecule has 1 heterocycles. The first-order chi connectivity index (χ1) is 10.7. The summed E-state index contributed by atoms with van der Waals surface area (Å²) in [6.07, 6.45) is 1.95. The maximum absolute atomic E-state index is 12.1. The summed E-state index contributed by atoms with van der Waals surface area (Å²) in [5.41, 5.74) is 0.894. The first kappa shape index (κ1) is 17.6. The SMILES string of the molecule is CC(C)Oc1ccc(C2CCN(C(=O)OC(C)(C)C)CC2)cc1. The van der Waals surface area contributed by atoms with Crippen molar-refractivity contribution < 1.29 is 14.3 Å². The summed E-state index contributed by atoms with van der Waals surface area (Å²) in [7, 11) is 0. The fourth-order valence-corrected chi connectivity index (χ4v) is 2.81. The molecule has 0 saturated carbocycles. The molecule has 1 aromatic rings. The predicted molar refractivity (Wildman–Crippen MR) is 92.0 cm³/mol. The molecule has 1 aliphatic heterocycles. The molecular formula is C19H29NO3. The number of ether oxygens (including phenoxy) is 2. The number of benzene rings is 1. The van der Waals surface area contributed by atoms with Crippen LogP contribution in [-0.4, -0.2) is 35.8 Å². The van der Waals surface area contributed by atoms with Crippen molar-refractivity contribution in [2.75, 3.05) is 13.1 Å². The number of carbonyl (C=O) groups excluding carboxylic acids is 1. The molecule has 23 heavy (non-hydrogen) atoms. The van der Waals surface area contributed by atoms with E-state index in [1.807, 2.05) is 51.7 Å². The summed E-state index contributed by atoms with van der Waals surface area (Å²) in [5.74, 6) is 1.41. The summed E-state index contributed by atoms with van der Waals surface area (Å²) in [5, 5.41) is 0. The molecule has 4 nitrogen and oxygen atoms in total. The molecule has 1 amide bonds. The largest absolute Gasteiger partial charge is 0.491 e. The molecule has 0 atom stereocenters. The maximum Gasteiger partial charge on any atom is 0.410 e. The molecule has 0 radical (unpaired) electrons. The van der Waals surface area contributed by atoms with E-state index in [9.17, 15) is 4.79 Å². The third-order valence-electron chi connectivity index (χ3n) is 3.87. The number of rotatable bonds is 3. The topological polar surface area (TPSA) is 38.8 Å². The molecule has 1 aromatic carbocycles. The number of amides is 1.